The summed E-state index contributed by atoms with van der Waals surface area (Å²) >= 11 is 6.25. The molecule has 3 aromatic carbocycles. The normalized spacial score (nSPS) is 25.2. The molecular weight excluding hydrogens is 758 g/mol. The third-order valence-electron chi connectivity index (χ3n) is 13.0. The summed E-state index contributed by atoms with van der Waals surface area (Å²) < 4.78 is 6.33. The molecule has 2 bridgehead atoms. The minimum absolute atomic E-state index is 0.0761. The molecule has 3 aromatic rings. The van der Waals surface area contributed by atoms with Crippen molar-refractivity contribution in [3.8, 4) is 5.75 Å². The van der Waals surface area contributed by atoms with Gasteiger partial charge >= 0.3 is 0 Å². The van der Waals surface area contributed by atoms with Gasteiger partial charge in [-0.15, -0.1) is 0 Å². The molecule has 9 rings (SSSR count). The van der Waals surface area contributed by atoms with Crippen molar-refractivity contribution in [2.45, 2.75) is 75.6 Å². The molecule has 5 saturated heterocycles. The fourth-order valence-electron chi connectivity index (χ4n) is 9.98. The molecule has 6 aliphatic rings. The van der Waals surface area contributed by atoms with Gasteiger partial charge in [-0.25, -0.2) is 4.85 Å². The molecule has 5 amide bonds. The van der Waals surface area contributed by atoms with Gasteiger partial charge in [0.05, 0.1) is 22.7 Å². The highest BCUT2D eigenvalue weighted by atomic mass is 35.5. The second-order valence-electron chi connectivity index (χ2n) is 16.5. The Balaban J connectivity index is 0.729. The molecular formula is C44H46ClN7O6. The minimum atomic E-state index is -0.974. The maximum absolute atomic E-state index is 13.6. The number of rotatable bonds is 8. The van der Waals surface area contributed by atoms with Crippen LogP contribution >= 0.6 is 11.6 Å². The number of hydrogen-bond acceptors (Lipinski definition) is 9. The van der Waals surface area contributed by atoms with Crippen molar-refractivity contribution >= 4 is 58.2 Å². The maximum atomic E-state index is 13.6. The van der Waals surface area contributed by atoms with Gasteiger partial charge in [-0.3, -0.25) is 39.1 Å². The number of benzene rings is 3. The zero-order valence-electron chi connectivity index (χ0n) is 32.3. The molecule has 6 heterocycles. The number of halogens is 1. The van der Waals surface area contributed by atoms with E-state index in [-0.39, 0.29) is 24.9 Å². The lowest BCUT2D eigenvalue weighted by molar-refractivity contribution is -0.136. The van der Waals surface area contributed by atoms with Crippen LogP contribution in [0.15, 0.2) is 60.7 Å². The minimum Gasteiger partial charge on any atom is -0.490 e. The molecule has 5 fully saturated rings. The van der Waals surface area contributed by atoms with Crippen molar-refractivity contribution in [1.29, 1.82) is 0 Å². The molecule has 14 heteroatoms. The van der Waals surface area contributed by atoms with Gasteiger partial charge in [0.1, 0.15) is 17.9 Å². The number of amides is 5. The molecule has 13 nitrogen and oxygen atoms in total. The Kier molecular flexibility index (Phi) is 10.3. The number of nitrogens with one attached hydrogen (secondary N) is 1. The molecule has 0 spiro atoms. The van der Waals surface area contributed by atoms with Crippen LogP contribution in [-0.2, 0) is 9.59 Å². The average molecular weight is 804 g/mol. The molecule has 0 radical (unpaired) electrons. The Hall–Kier alpha value is -5.45. The molecule has 3 atom stereocenters. The molecule has 58 heavy (non-hydrogen) atoms. The highest BCUT2D eigenvalue weighted by molar-refractivity contribution is 6.33. The van der Waals surface area contributed by atoms with Gasteiger partial charge in [-0.1, -0.05) is 17.7 Å². The third kappa shape index (κ3) is 7.28. The second kappa shape index (κ2) is 15.7. The van der Waals surface area contributed by atoms with Crippen molar-refractivity contribution in [2.75, 3.05) is 55.6 Å². The van der Waals surface area contributed by atoms with Crippen LogP contribution in [-0.4, -0.2) is 114 Å². The topological polar surface area (TPSA) is 127 Å². The zero-order valence-corrected chi connectivity index (χ0v) is 33.0. The summed E-state index contributed by atoms with van der Waals surface area (Å²) in [6.45, 7) is 12.9. The quantitative estimate of drug-likeness (QED) is 0.231. The van der Waals surface area contributed by atoms with Crippen LogP contribution in [0.4, 0.5) is 17.1 Å². The summed E-state index contributed by atoms with van der Waals surface area (Å²) in [6.07, 6.45) is 6.37. The van der Waals surface area contributed by atoms with Crippen LogP contribution in [0.2, 0.25) is 5.02 Å². The number of imide groups is 2. The van der Waals surface area contributed by atoms with Crippen LogP contribution in [0.25, 0.3) is 4.85 Å². The number of fused-ring (bicyclic) bond motifs is 3. The standard InChI is InChI=1S/C44H46ClN7O6/c1-46-38-11-9-33(25-37(38)45)58-34-22-31-6-7-32(23-34)51(31)29-4-2-28(3-5-29)42(55)50-20-18-48(19-21-50)26-27-14-16-49(17-15-27)30-8-10-35-36(24-30)44(57)52(43(35)56)39-12-13-40(53)47-41(39)54/h2-5,8-11,24-25,27,31-32,34,39H,6-7,12-23,26H2,(H,47,53,54). The largest absolute Gasteiger partial charge is 0.490 e. The monoisotopic (exact) mass is 803 g/mol. The van der Waals surface area contributed by atoms with Crippen molar-refractivity contribution in [1.82, 2.24) is 20.0 Å². The van der Waals surface area contributed by atoms with E-state index < -0.39 is 29.7 Å². The van der Waals surface area contributed by atoms with E-state index in [1.165, 1.54) is 0 Å². The first kappa shape index (κ1) is 38.1. The number of ether oxygens (including phenoxy) is 1. The van der Waals surface area contributed by atoms with Gasteiger partial charge in [-0.05, 0) is 92.6 Å². The van der Waals surface area contributed by atoms with Gasteiger partial charge < -0.3 is 19.4 Å². The summed E-state index contributed by atoms with van der Waals surface area (Å²) in [6, 6.07) is 18.5. The van der Waals surface area contributed by atoms with Crippen LogP contribution in [0, 0.1) is 12.5 Å². The van der Waals surface area contributed by atoms with Crippen molar-refractivity contribution in [3.05, 3.63) is 93.8 Å². The summed E-state index contributed by atoms with van der Waals surface area (Å²) in [5, 5.41) is 2.66. The predicted octanol–water partition coefficient (Wildman–Crippen LogP) is 5.55. The maximum Gasteiger partial charge on any atom is 0.262 e. The Morgan fingerprint density at radius 2 is 1.48 bits per heavy atom. The molecule has 3 unspecified atom stereocenters. The molecule has 1 N–H and O–H groups in total. The molecule has 0 saturated carbocycles. The first-order chi connectivity index (χ1) is 28.1. The molecule has 6 aliphatic heterocycles. The van der Waals surface area contributed by atoms with Crippen molar-refractivity contribution < 1.29 is 28.7 Å². The van der Waals surface area contributed by atoms with Crippen LogP contribution in [0.1, 0.15) is 82.4 Å². The fourth-order valence-corrected chi connectivity index (χ4v) is 10.2. The van der Waals surface area contributed by atoms with E-state index in [1.807, 2.05) is 29.2 Å². The van der Waals surface area contributed by atoms with E-state index in [0.717, 1.165) is 93.1 Å². The Bertz CT molecular complexity index is 2180. The Labute approximate surface area is 342 Å². The lowest BCUT2D eigenvalue weighted by Gasteiger charge is -2.40. The number of piperazine rings is 1. The van der Waals surface area contributed by atoms with E-state index in [0.29, 0.717) is 58.7 Å². The van der Waals surface area contributed by atoms with Gasteiger partial charge in [-0.2, -0.15) is 0 Å². The first-order valence-corrected chi connectivity index (χ1v) is 20.9. The summed E-state index contributed by atoms with van der Waals surface area (Å²) in [5.41, 5.74) is 3.79. The van der Waals surface area contributed by atoms with Crippen molar-refractivity contribution in [2.24, 2.45) is 5.92 Å². The highest BCUT2D eigenvalue weighted by Gasteiger charge is 2.45. The number of carbonyl (C=O) groups is 5. The van der Waals surface area contributed by atoms with Crippen LogP contribution < -0.4 is 19.9 Å². The Morgan fingerprint density at radius 3 is 2.16 bits per heavy atom. The average Bonchev–Trinajstić information content (AvgIpc) is 3.65. The highest BCUT2D eigenvalue weighted by Crippen LogP contribution is 2.41. The number of hydrogen-bond donors (Lipinski definition) is 1. The summed E-state index contributed by atoms with van der Waals surface area (Å²) in [7, 11) is 0. The molecule has 300 valence electrons. The fraction of sp³-hybridized carbons (Fsp3) is 0.455. The van der Waals surface area contributed by atoms with Crippen LogP contribution in [0.5, 0.6) is 5.75 Å². The van der Waals surface area contributed by atoms with E-state index in [1.54, 1.807) is 24.3 Å². The van der Waals surface area contributed by atoms with Crippen molar-refractivity contribution in [3.63, 3.8) is 0 Å². The van der Waals surface area contributed by atoms with Gasteiger partial charge in [0.25, 0.3) is 17.7 Å². The van der Waals surface area contributed by atoms with Gasteiger partial charge in [0.2, 0.25) is 17.5 Å². The predicted molar refractivity (Wildman–Crippen MR) is 217 cm³/mol. The lowest BCUT2D eigenvalue weighted by Crippen LogP contribution is -2.54. The molecule has 0 aliphatic carbocycles. The SMILES string of the molecule is [C-]#[N+]c1ccc(OC2CC3CCC(C2)N3c2ccc(C(=O)N3CCN(CC4CCN(c5ccc6c(c5)C(=O)N(C5CCC(=O)NC5=O)C6=O)CC4)CC3)cc2)cc1Cl. The first-order valence-electron chi connectivity index (χ1n) is 20.5. The summed E-state index contributed by atoms with van der Waals surface area (Å²) in [4.78, 5) is 77.8. The molecule has 0 aromatic heterocycles. The lowest BCUT2D eigenvalue weighted by atomic mass is 9.95. The van der Waals surface area contributed by atoms with E-state index >= 15 is 0 Å². The number of carbonyl (C=O) groups excluding carboxylic acids is 5. The zero-order chi connectivity index (χ0) is 40.1. The van der Waals surface area contributed by atoms with Crippen LogP contribution in [0.3, 0.4) is 0 Å². The van der Waals surface area contributed by atoms with E-state index in [4.69, 9.17) is 22.9 Å². The second-order valence-corrected chi connectivity index (χ2v) is 16.9. The number of anilines is 2. The van der Waals surface area contributed by atoms with Gasteiger partial charge in [0.15, 0.2) is 0 Å². The smallest absolute Gasteiger partial charge is 0.262 e. The van der Waals surface area contributed by atoms with Gasteiger partial charge in [0, 0.05) is 94.1 Å². The third-order valence-corrected chi connectivity index (χ3v) is 13.3. The number of piperidine rings is 3. The Morgan fingerprint density at radius 1 is 0.793 bits per heavy atom. The summed E-state index contributed by atoms with van der Waals surface area (Å²) in [5.74, 6) is -0.673. The number of nitrogens with zero attached hydrogens (tertiary/aromatic N) is 6. The van der Waals surface area contributed by atoms with E-state index in [2.05, 4.69) is 37.0 Å². The van der Waals surface area contributed by atoms with E-state index in [9.17, 15) is 24.0 Å².